The molecule has 0 fully saturated rings. The number of carbonyl (C=O) groups excluding carboxylic acids is 1. The summed E-state index contributed by atoms with van der Waals surface area (Å²) in [5.74, 6) is 0.185. The number of hydrogen-bond acceptors (Lipinski definition) is 4. The Balaban J connectivity index is 3.27. The fourth-order valence-electron chi connectivity index (χ4n) is 3.58. The van der Waals surface area contributed by atoms with Crippen molar-refractivity contribution in [1.82, 2.24) is 5.32 Å². The van der Waals surface area contributed by atoms with Crippen LogP contribution in [0.2, 0.25) is 0 Å². The molecular weight excluding hydrogens is 441 g/mol. The molecule has 3 N–H and O–H groups in total. The molecule has 1 amide bonds. The molecule has 0 rings (SSSR count). The van der Waals surface area contributed by atoms with Gasteiger partial charge in [0.2, 0.25) is 5.91 Å². The molecule has 0 saturated carbocycles. The number of aliphatic hydroxyl groups excluding tert-OH is 1. The van der Waals surface area contributed by atoms with Crippen LogP contribution in [0, 0.1) is 0 Å². The molecule has 0 spiro atoms. The molecule has 0 aliphatic carbocycles. The number of amides is 1. The van der Waals surface area contributed by atoms with Gasteiger partial charge < -0.3 is 19.8 Å². The lowest BCUT2D eigenvalue weighted by molar-refractivity contribution is -0.121. The smallest absolute Gasteiger partial charge is 0.219 e. The van der Waals surface area contributed by atoms with Crippen LogP contribution >= 0.6 is 6.49 Å². The van der Waals surface area contributed by atoms with Crippen LogP contribution in [0.5, 0.6) is 0 Å². The summed E-state index contributed by atoms with van der Waals surface area (Å²) in [7, 11) is 0. The largest absolute Gasteiger partial charge is 0.396 e. The van der Waals surface area contributed by atoms with Crippen LogP contribution in [0.3, 0.4) is 0 Å². The molecule has 0 heterocycles. The lowest BCUT2D eigenvalue weighted by atomic mass is 10.0. The number of unbranched alkanes of at least 4 members (excludes halogenated alkanes) is 15. The Kier molecular flexibility index (Phi) is 22.8. The van der Waals surface area contributed by atoms with Gasteiger partial charge in [0, 0.05) is 25.2 Å². The third kappa shape index (κ3) is 21.8. The first kappa shape index (κ1) is 32.0. The highest BCUT2D eigenvalue weighted by molar-refractivity contribution is 8.09. The van der Waals surface area contributed by atoms with Gasteiger partial charge >= 0.3 is 0 Å². The number of rotatable bonds is 24. The van der Waals surface area contributed by atoms with Crippen LogP contribution in [-0.4, -0.2) is 41.3 Å². The second-order valence-corrected chi connectivity index (χ2v) is 13.3. The van der Waals surface area contributed by atoms with E-state index in [1.54, 1.807) is 0 Å². The van der Waals surface area contributed by atoms with E-state index in [-0.39, 0.29) is 11.6 Å². The van der Waals surface area contributed by atoms with Crippen molar-refractivity contribution in [3.8, 4) is 0 Å². The highest BCUT2D eigenvalue weighted by atomic mass is 32.5. The van der Waals surface area contributed by atoms with E-state index in [1.165, 1.54) is 64.2 Å². The van der Waals surface area contributed by atoms with Gasteiger partial charge in [-0.1, -0.05) is 97.3 Å². The molecular formula is C25H52NO4PS. The topological polar surface area (TPSA) is 78.8 Å². The Morgan fingerprint density at radius 3 is 1.72 bits per heavy atom. The van der Waals surface area contributed by atoms with Gasteiger partial charge in [-0.15, -0.1) is 0 Å². The molecule has 0 aromatic carbocycles. The average Bonchev–Trinajstić information content (AvgIpc) is 2.75. The molecule has 5 nitrogen and oxygen atoms in total. The third-order valence-electron chi connectivity index (χ3n) is 5.88. The van der Waals surface area contributed by atoms with Crippen LogP contribution in [0.1, 0.15) is 129 Å². The molecule has 0 aliphatic rings. The lowest BCUT2D eigenvalue weighted by Crippen LogP contribution is -2.23. The molecule has 0 aromatic heterocycles. The van der Waals surface area contributed by atoms with E-state index in [0.717, 1.165) is 51.5 Å². The summed E-state index contributed by atoms with van der Waals surface area (Å²) in [6.45, 7) is 2.83. The van der Waals surface area contributed by atoms with Crippen LogP contribution in [0.15, 0.2) is 0 Å². The average molecular weight is 494 g/mol. The van der Waals surface area contributed by atoms with Crippen molar-refractivity contribution in [2.24, 2.45) is 0 Å². The quantitative estimate of drug-likeness (QED) is 0.101. The van der Waals surface area contributed by atoms with Crippen molar-refractivity contribution in [3.05, 3.63) is 0 Å². The normalized spacial score (nSPS) is 13.4. The van der Waals surface area contributed by atoms with Crippen molar-refractivity contribution in [2.75, 3.05) is 19.8 Å². The maximum Gasteiger partial charge on any atom is 0.219 e. The first-order chi connectivity index (χ1) is 15.4. The predicted molar refractivity (Wildman–Crippen MR) is 141 cm³/mol. The molecule has 0 saturated heterocycles. The molecule has 0 aliphatic heterocycles. The van der Waals surface area contributed by atoms with Gasteiger partial charge in [0.1, 0.15) is 0 Å². The van der Waals surface area contributed by atoms with E-state index in [9.17, 15) is 9.69 Å². The van der Waals surface area contributed by atoms with E-state index < -0.39 is 6.49 Å². The Hall–Kier alpha value is -0.0000000000000000763. The fourth-order valence-corrected chi connectivity index (χ4v) is 4.50. The predicted octanol–water partition coefficient (Wildman–Crippen LogP) is 6.84. The molecule has 7 heteroatoms. The zero-order valence-corrected chi connectivity index (χ0v) is 22.7. The minimum Gasteiger partial charge on any atom is -0.396 e. The highest BCUT2D eigenvalue weighted by Crippen LogP contribution is 2.47. The highest BCUT2D eigenvalue weighted by Gasteiger charge is 2.18. The van der Waals surface area contributed by atoms with Crippen LogP contribution in [-0.2, 0) is 21.1 Å². The van der Waals surface area contributed by atoms with Crippen molar-refractivity contribution >= 4 is 24.2 Å². The van der Waals surface area contributed by atoms with Crippen LogP contribution in [0.25, 0.3) is 0 Å². The Morgan fingerprint density at radius 2 is 1.22 bits per heavy atom. The fraction of sp³-hybridized carbons (Fsp3) is 0.960. The van der Waals surface area contributed by atoms with Gasteiger partial charge in [-0.25, -0.2) is 0 Å². The second-order valence-electron chi connectivity index (χ2n) is 9.33. The Labute approximate surface area is 203 Å². The summed E-state index contributed by atoms with van der Waals surface area (Å²) >= 11 is 5.10. The second kappa shape index (κ2) is 22.8. The van der Waals surface area contributed by atoms with E-state index >= 15 is 0 Å². The van der Waals surface area contributed by atoms with Gasteiger partial charge in [0.05, 0.1) is 6.61 Å². The summed E-state index contributed by atoms with van der Waals surface area (Å²) in [4.78, 5) is 21.8. The molecule has 0 radical (unpaired) electrons. The number of hydrogen-bond donors (Lipinski definition) is 3. The zero-order chi connectivity index (χ0) is 23.9. The van der Waals surface area contributed by atoms with Crippen molar-refractivity contribution in [1.29, 1.82) is 0 Å². The monoisotopic (exact) mass is 493 g/mol. The maximum absolute atomic E-state index is 11.9. The van der Waals surface area contributed by atoms with E-state index in [0.29, 0.717) is 19.6 Å². The number of carbonyl (C=O) groups is 1. The van der Waals surface area contributed by atoms with Gasteiger partial charge in [0.25, 0.3) is 0 Å². The summed E-state index contributed by atoms with van der Waals surface area (Å²) in [6, 6.07) is 0. The summed E-state index contributed by atoms with van der Waals surface area (Å²) in [6.07, 6.45) is 20.8. The van der Waals surface area contributed by atoms with Gasteiger partial charge in [0.15, 0.2) is 6.49 Å². The maximum atomic E-state index is 11.9. The summed E-state index contributed by atoms with van der Waals surface area (Å²) < 4.78 is 5.46. The molecule has 0 bridgehead atoms. The van der Waals surface area contributed by atoms with E-state index in [1.807, 2.05) is 13.8 Å². The summed E-state index contributed by atoms with van der Waals surface area (Å²) in [5, 5.41) is 11.8. The van der Waals surface area contributed by atoms with E-state index in [2.05, 4.69) is 5.32 Å². The van der Waals surface area contributed by atoms with Gasteiger partial charge in [-0.05, 0) is 37.5 Å². The van der Waals surface area contributed by atoms with Gasteiger partial charge in [-0.3, -0.25) is 4.79 Å². The van der Waals surface area contributed by atoms with Crippen molar-refractivity contribution in [2.45, 2.75) is 135 Å². The zero-order valence-electron chi connectivity index (χ0n) is 21.0. The molecule has 192 valence electrons. The molecule has 0 aromatic rings. The first-order valence-electron chi connectivity index (χ1n) is 13.2. The number of nitrogens with one attached hydrogen (secondary N) is 1. The lowest BCUT2D eigenvalue weighted by Gasteiger charge is -2.19. The molecule has 1 atom stereocenters. The molecule has 32 heavy (non-hydrogen) atoms. The summed E-state index contributed by atoms with van der Waals surface area (Å²) in [5.41, 5.74) is 0.0153. The molecule has 1 unspecified atom stereocenters. The van der Waals surface area contributed by atoms with E-state index in [4.69, 9.17) is 21.4 Å². The van der Waals surface area contributed by atoms with Crippen molar-refractivity contribution < 1.29 is 19.3 Å². The standard InChI is InChI=1S/C25H52NO4PS/c1-24(2)31(29,32)30-23-19-15-13-17-21-26-25(28)20-16-12-10-8-6-4-3-5-7-9-11-14-18-22-27/h24,27H,3-23H2,1-2H3,(H,26,28)(H,29,32). The SMILES string of the molecule is CC(C)P(O)(=S)OCCCCCCNC(=O)CCCCCCCCCCCCCCCO. The Bertz CT molecular complexity index is 477. The van der Waals surface area contributed by atoms with Crippen LogP contribution < -0.4 is 5.32 Å². The third-order valence-corrected chi connectivity index (χ3v) is 9.32. The van der Waals surface area contributed by atoms with Crippen molar-refractivity contribution in [3.63, 3.8) is 0 Å². The minimum atomic E-state index is -2.60. The minimum absolute atomic E-state index is 0.0153. The number of aliphatic hydroxyl groups is 1. The Morgan fingerprint density at radius 1 is 0.781 bits per heavy atom. The van der Waals surface area contributed by atoms with Crippen LogP contribution in [0.4, 0.5) is 0 Å². The first-order valence-corrected chi connectivity index (χ1v) is 16.0. The van der Waals surface area contributed by atoms with Gasteiger partial charge in [-0.2, -0.15) is 0 Å².